The van der Waals surface area contributed by atoms with Gasteiger partial charge in [-0.05, 0) is 0 Å². The topological polar surface area (TPSA) is 99.1 Å². The van der Waals surface area contributed by atoms with Crippen LogP contribution in [-0.2, 0) is 14.3 Å². The highest BCUT2D eigenvalue weighted by molar-refractivity contribution is 5.87. The van der Waals surface area contributed by atoms with E-state index in [2.05, 4.69) is 5.32 Å². The normalized spacial score (nSPS) is 28.3. The lowest BCUT2D eigenvalue weighted by molar-refractivity contribution is -0.128. The molecule has 1 aliphatic heterocycles. The van der Waals surface area contributed by atoms with E-state index in [9.17, 15) is 14.7 Å². The molecular weight excluding hydrogens is 228 g/mol. The first-order valence-corrected chi connectivity index (χ1v) is 5.19. The molecule has 1 unspecified atom stereocenters. The van der Waals surface area contributed by atoms with Crippen molar-refractivity contribution < 1.29 is 24.5 Å². The zero-order chi connectivity index (χ0) is 12.8. The lowest BCUT2D eigenvalue weighted by atomic mass is 10.2. The van der Waals surface area contributed by atoms with Gasteiger partial charge in [0.2, 0.25) is 12.3 Å². The minimum absolute atomic E-state index is 0.196. The molecule has 0 spiro atoms. The summed E-state index contributed by atoms with van der Waals surface area (Å²) in [5, 5.41) is 20.8. The monoisotopic (exact) mass is 244 g/mol. The molecular formula is C10H16N2O5. The molecule has 1 rings (SSSR count). The molecule has 0 aromatic rings. The Labute approximate surface area is 98.7 Å². The lowest BCUT2D eigenvalue weighted by Crippen LogP contribution is -2.31. The molecule has 7 heteroatoms. The number of nitrogens with zero attached hydrogens (tertiary/aromatic N) is 1. The van der Waals surface area contributed by atoms with Gasteiger partial charge in [-0.25, -0.2) is 0 Å². The van der Waals surface area contributed by atoms with E-state index in [1.165, 1.54) is 19.3 Å². The summed E-state index contributed by atoms with van der Waals surface area (Å²) in [6, 6.07) is 0. The molecule has 0 saturated carbocycles. The molecule has 0 radical (unpaired) electrons. The molecule has 3 atom stereocenters. The van der Waals surface area contributed by atoms with Crippen molar-refractivity contribution in [2.24, 2.45) is 0 Å². The number of likely N-dealkylation sites (N-methyl/N-ethyl adjacent to an activating group) is 1. The van der Waals surface area contributed by atoms with Crippen LogP contribution in [0.25, 0.3) is 0 Å². The summed E-state index contributed by atoms with van der Waals surface area (Å²) in [6.07, 6.45) is 0.954. The van der Waals surface area contributed by atoms with Crippen molar-refractivity contribution in [1.82, 2.24) is 10.2 Å². The molecule has 0 aliphatic carbocycles. The molecule has 7 nitrogen and oxygen atoms in total. The van der Waals surface area contributed by atoms with Gasteiger partial charge in [0.1, 0.15) is 12.3 Å². The predicted molar refractivity (Wildman–Crippen MR) is 57.5 cm³/mol. The van der Waals surface area contributed by atoms with E-state index >= 15 is 0 Å². The first-order chi connectivity index (χ1) is 8.12. The van der Waals surface area contributed by atoms with Crippen LogP contribution in [0.3, 0.4) is 0 Å². The lowest BCUT2D eigenvalue weighted by Gasteiger charge is -2.20. The summed E-state index contributed by atoms with van der Waals surface area (Å²) in [6.45, 7) is -0.316. The fraction of sp³-hybridized carbons (Fsp3) is 0.600. The average Bonchev–Trinajstić information content (AvgIpc) is 2.71. The van der Waals surface area contributed by atoms with Gasteiger partial charge in [0.05, 0.1) is 12.7 Å². The number of carbonyl (C=O) groups excluding carboxylic acids is 2. The molecule has 17 heavy (non-hydrogen) atoms. The minimum Gasteiger partial charge on any atom is -0.394 e. The molecule has 1 aliphatic rings. The van der Waals surface area contributed by atoms with Gasteiger partial charge in [-0.1, -0.05) is 0 Å². The Morgan fingerprint density at radius 2 is 2.35 bits per heavy atom. The number of aliphatic hydroxyl groups is 2. The Kier molecular flexibility index (Phi) is 5.08. The molecule has 3 N–H and O–H groups in total. The van der Waals surface area contributed by atoms with Crippen molar-refractivity contribution in [2.75, 3.05) is 13.7 Å². The molecule has 1 fully saturated rings. The Morgan fingerprint density at radius 3 is 2.82 bits per heavy atom. The molecule has 0 aromatic heterocycles. The van der Waals surface area contributed by atoms with Crippen molar-refractivity contribution in [3.8, 4) is 0 Å². The van der Waals surface area contributed by atoms with E-state index in [0.29, 0.717) is 6.41 Å². The number of hydrogen-bond donors (Lipinski definition) is 3. The van der Waals surface area contributed by atoms with Gasteiger partial charge < -0.3 is 20.3 Å². The fourth-order valence-electron chi connectivity index (χ4n) is 1.50. The van der Waals surface area contributed by atoms with Gasteiger partial charge in [0.15, 0.2) is 0 Å². The van der Waals surface area contributed by atoms with Crippen molar-refractivity contribution in [3.05, 3.63) is 12.3 Å². The van der Waals surface area contributed by atoms with E-state index in [1.54, 1.807) is 0 Å². The van der Waals surface area contributed by atoms with Gasteiger partial charge in [0.25, 0.3) is 0 Å². The van der Waals surface area contributed by atoms with Gasteiger partial charge in [-0.15, -0.1) is 0 Å². The number of ether oxygens (including phenoxy) is 1. The Hall–Kier alpha value is -1.44. The highest BCUT2D eigenvalue weighted by atomic mass is 16.5. The first-order valence-electron chi connectivity index (χ1n) is 5.19. The Balaban J connectivity index is 2.60. The average molecular weight is 244 g/mol. The maximum atomic E-state index is 11.0. The van der Waals surface area contributed by atoms with Crippen LogP contribution in [0.5, 0.6) is 0 Å². The van der Waals surface area contributed by atoms with Crippen LogP contribution in [-0.4, -0.2) is 59.5 Å². The molecule has 0 bridgehead atoms. The Morgan fingerprint density at radius 1 is 1.65 bits per heavy atom. The molecule has 96 valence electrons. The Bertz CT molecular complexity index is 307. The van der Waals surface area contributed by atoms with Gasteiger partial charge in [-0.2, -0.15) is 0 Å². The number of nitrogens with one attached hydrogen (secondary N) is 1. The zero-order valence-corrected chi connectivity index (χ0v) is 9.44. The van der Waals surface area contributed by atoms with Crippen LogP contribution in [0, 0.1) is 0 Å². The van der Waals surface area contributed by atoms with Crippen LogP contribution < -0.4 is 5.32 Å². The first kappa shape index (κ1) is 13.6. The zero-order valence-electron chi connectivity index (χ0n) is 9.44. The van der Waals surface area contributed by atoms with Crippen molar-refractivity contribution in [2.45, 2.75) is 24.9 Å². The molecule has 0 aromatic carbocycles. The molecule has 1 saturated heterocycles. The summed E-state index contributed by atoms with van der Waals surface area (Å²) in [7, 11) is 1.47. The minimum atomic E-state index is -0.819. The van der Waals surface area contributed by atoms with E-state index in [4.69, 9.17) is 9.84 Å². The summed E-state index contributed by atoms with van der Waals surface area (Å²) in [5.41, 5.74) is 0. The van der Waals surface area contributed by atoms with Crippen LogP contribution in [0.15, 0.2) is 12.3 Å². The SMILES string of the molecule is CNC(=O)/C=C\N(C=O)[C@H]1CC(O)[C@@H](CO)O1. The van der Waals surface area contributed by atoms with Gasteiger partial charge in [0, 0.05) is 25.7 Å². The van der Waals surface area contributed by atoms with E-state index in [0.717, 1.165) is 4.90 Å². The number of hydrogen-bond acceptors (Lipinski definition) is 5. The van der Waals surface area contributed by atoms with E-state index in [1.807, 2.05) is 0 Å². The predicted octanol–water partition coefficient (Wildman–Crippen LogP) is -1.83. The number of amides is 2. The van der Waals surface area contributed by atoms with Crippen LogP contribution in [0.1, 0.15) is 6.42 Å². The van der Waals surface area contributed by atoms with Crippen molar-refractivity contribution in [1.29, 1.82) is 0 Å². The van der Waals surface area contributed by atoms with E-state index in [-0.39, 0.29) is 18.9 Å². The van der Waals surface area contributed by atoms with Crippen LogP contribution in [0.4, 0.5) is 0 Å². The highest BCUT2D eigenvalue weighted by Crippen LogP contribution is 2.22. The second-order valence-corrected chi connectivity index (χ2v) is 3.60. The molecule has 2 amide bonds. The van der Waals surface area contributed by atoms with E-state index < -0.39 is 18.4 Å². The number of aliphatic hydroxyl groups excluding tert-OH is 2. The maximum Gasteiger partial charge on any atom is 0.245 e. The summed E-state index contributed by atoms with van der Waals surface area (Å²) in [5.74, 6) is -0.353. The third-order valence-electron chi connectivity index (χ3n) is 2.48. The summed E-state index contributed by atoms with van der Waals surface area (Å²) < 4.78 is 5.25. The third kappa shape index (κ3) is 3.52. The van der Waals surface area contributed by atoms with Crippen LogP contribution >= 0.6 is 0 Å². The second kappa shape index (κ2) is 6.33. The smallest absolute Gasteiger partial charge is 0.245 e. The van der Waals surface area contributed by atoms with Crippen molar-refractivity contribution >= 4 is 12.3 Å². The quantitative estimate of drug-likeness (QED) is 0.390. The summed E-state index contributed by atoms with van der Waals surface area (Å²) in [4.78, 5) is 22.9. The van der Waals surface area contributed by atoms with Crippen molar-refractivity contribution in [3.63, 3.8) is 0 Å². The summed E-state index contributed by atoms with van der Waals surface area (Å²) >= 11 is 0. The number of rotatable bonds is 5. The standard InChI is InChI=1S/C10H16N2O5/c1-11-9(16)2-3-12(6-14)10-4-7(15)8(5-13)17-10/h2-3,6-8,10,13,15H,4-5H2,1H3,(H,11,16)/b3-2-/t7?,8-,10-/m1/s1. The fourth-order valence-corrected chi connectivity index (χ4v) is 1.50. The third-order valence-corrected chi connectivity index (χ3v) is 2.48. The highest BCUT2D eigenvalue weighted by Gasteiger charge is 2.35. The maximum absolute atomic E-state index is 11.0. The van der Waals surface area contributed by atoms with Gasteiger partial charge >= 0.3 is 0 Å². The van der Waals surface area contributed by atoms with Gasteiger partial charge in [-0.3, -0.25) is 14.5 Å². The second-order valence-electron chi connectivity index (χ2n) is 3.60. The van der Waals surface area contributed by atoms with Crippen LogP contribution in [0.2, 0.25) is 0 Å². The largest absolute Gasteiger partial charge is 0.394 e. The molecule has 1 heterocycles. The number of carbonyl (C=O) groups is 2.